The monoisotopic (exact) mass is 403 g/mol. The minimum Gasteiger partial charge on any atom is -0.369 e. The zero-order chi connectivity index (χ0) is 20.4. The van der Waals surface area contributed by atoms with Gasteiger partial charge in [0.2, 0.25) is 5.95 Å². The molecule has 8 heteroatoms. The van der Waals surface area contributed by atoms with Crippen molar-refractivity contribution >= 4 is 22.7 Å². The van der Waals surface area contributed by atoms with E-state index >= 15 is 0 Å². The van der Waals surface area contributed by atoms with Gasteiger partial charge in [0.05, 0.1) is 16.6 Å². The first kappa shape index (κ1) is 19.6. The lowest BCUT2D eigenvalue weighted by Gasteiger charge is -2.36. The molecule has 1 fully saturated rings. The van der Waals surface area contributed by atoms with E-state index < -0.39 is 11.7 Å². The van der Waals surface area contributed by atoms with Crippen molar-refractivity contribution in [1.29, 1.82) is 0 Å². The number of rotatable bonds is 5. The van der Waals surface area contributed by atoms with E-state index in [4.69, 9.17) is 0 Å². The van der Waals surface area contributed by atoms with E-state index in [-0.39, 0.29) is 0 Å². The van der Waals surface area contributed by atoms with Crippen molar-refractivity contribution in [2.75, 3.05) is 49.5 Å². The highest BCUT2D eigenvalue weighted by molar-refractivity contribution is 5.78. The summed E-state index contributed by atoms with van der Waals surface area (Å²) in [5.41, 5.74) is 2.10. The third-order valence-corrected chi connectivity index (χ3v) is 5.41. The molecular weight excluding hydrogens is 379 g/mol. The van der Waals surface area contributed by atoms with Gasteiger partial charge in [-0.2, -0.15) is 13.2 Å². The molecule has 1 N–H and O–H groups in total. The number of halogens is 3. The first-order valence-corrected chi connectivity index (χ1v) is 9.72. The Balaban J connectivity index is 1.28. The van der Waals surface area contributed by atoms with E-state index in [0.29, 0.717) is 18.8 Å². The Hall–Kier alpha value is -2.74. The number of nitrogens with zero attached hydrogens (tertiary/aromatic N) is 4. The number of nitrogens with one attached hydrogen (secondary N) is 1. The Morgan fingerprint density at radius 1 is 1.00 bits per heavy atom. The van der Waals surface area contributed by atoms with E-state index in [1.807, 2.05) is 40.8 Å². The minimum atomic E-state index is -4.31. The molecule has 5 nitrogen and oxygen atoms in total. The molecule has 0 unspecified atom stereocenters. The van der Waals surface area contributed by atoms with Crippen molar-refractivity contribution in [2.45, 2.75) is 6.18 Å². The van der Waals surface area contributed by atoms with Crippen LogP contribution in [0.4, 0.5) is 24.8 Å². The second-order valence-corrected chi connectivity index (χ2v) is 7.29. The number of hydrogen-bond acceptors (Lipinski definition) is 4. The first-order valence-electron chi connectivity index (χ1n) is 9.72. The van der Waals surface area contributed by atoms with Crippen LogP contribution in [0, 0.1) is 0 Å². The molecule has 0 spiro atoms. The second-order valence-electron chi connectivity index (χ2n) is 7.29. The average molecular weight is 403 g/mol. The SMILES string of the molecule is Cn1c(NCCN2CCN(c3cccc(C(F)(F)F)c3)CC2)nc2ccccc21. The molecule has 0 aliphatic carbocycles. The Bertz CT molecular complexity index is 974. The van der Waals surface area contributed by atoms with Crippen molar-refractivity contribution in [2.24, 2.45) is 7.05 Å². The highest BCUT2D eigenvalue weighted by atomic mass is 19.4. The number of alkyl halides is 3. The third kappa shape index (κ3) is 4.32. The van der Waals surface area contributed by atoms with Crippen LogP contribution in [-0.2, 0) is 13.2 Å². The van der Waals surface area contributed by atoms with Crippen LogP contribution in [-0.4, -0.2) is 53.7 Å². The molecule has 4 rings (SSSR count). The zero-order valence-electron chi connectivity index (χ0n) is 16.3. The van der Waals surface area contributed by atoms with Gasteiger partial charge < -0.3 is 14.8 Å². The molecule has 0 atom stereocenters. The van der Waals surface area contributed by atoms with Crippen LogP contribution in [0.2, 0.25) is 0 Å². The largest absolute Gasteiger partial charge is 0.416 e. The average Bonchev–Trinajstić information content (AvgIpc) is 3.04. The van der Waals surface area contributed by atoms with Crippen LogP contribution >= 0.6 is 0 Å². The molecule has 0 saturated carbocycles. The van der Waals surface area contributed by atoms with Gasteiger partial charge in [0.1, 0.15) is 0 Å². The molecule has 1 saturated heterocycles. The van der Waals surface area contributed by atoms with Crippen molar-refractivity contribution < 1.29 is 13.2 Å². The molecule has 0 bridgehead atoms. The summed E-state index contributed by atoms with van der Waals surface area (Å²) in [4.78, 5) is 8.95. The van der Waals surface area contributed by atoms with Crippen LogP contribution in [0.25, 0.3) is 11.0 Å². The van der Waals surface area contributed by atoms with E-state index in [1.54, 1.807) is 6.07 Å². The van der Waals surface area contributed by atoms with Gasteiger partial charge in [-0.05, 0) is 30.3 Å². The van der Waals surface area contributed by atoms with Crippen molar-refractivity contribution in [1.82, 2.24) is 14.5 Å². The number of benzene rings is 2. The van der Waals surface area contributed by atoms with Crippen molar-refractivity contribution in [3.8, 4) is 0 Å². The van der Waals surface area contributed by atoms with Crippen LogP contribution in [0.3, 0.4) is 0 Å². The number of anilines is 2. The van der Waals surface area contributed by atoms with Gasteiger partial charge in [0, 0.05) is 52.0 Å². The Kier molecular flexibility index (Phi) is 5.36. The maximum atomic E-state index is 12.9. The standard InChI is InChI=1S/C21H24F3N5/c1-27-19-8-3-2-7-18(19)26-20(27)25-9-10-28-11-13-29(14-12-28)17-6-4-5-16(15-17)21(22,23)24/h2-8,15H,9-14H2,1H3,(H,25,26). The van der Waals surface area contributed by atoms with Gasteiger partial charge in [0.15, 0.2) is 0 Å². The highest BCUT2D eigenvalue weighted by Gasteiger charge is 2.31. The van der Waals surface area contributed by atoms with Crippen LogP contribution in [0.1, 0.15) is 5.56 Å². The molecule has 2 heterocycles. The summed E-state index contributed by atoms with van der Waals surface area (Å²) in [5, 5.41) is 3.39. The van der Waals surface area contributed by atoms with Gasteiger partial charge in [-0.3, -0.25) is 4.90 Å². The molecule has 154 valence electrons. The van der Waals surface area contributed by atoms with Gasteiger partial charge in [0.25, 0.3) is 0 Å². The topological polar surface area (TPSA) is 36.3 Å². The van der Waals surface area contributed by atoms with Gasteiger partial charge in [-0.1, -0.05) is 18.2 Å². The van der Waals surface area contributed by atoms with E-state index in [1.165, 1.54) is 12.1 Å². The van der Waals surface area contributed by atoms with Crippen molar-refractivity contribution in [3.63, 3.8) is 0 Å². The van der Waals surface area contributed by atoms with Gasteiger partial charge in [-0.15, -0.1) is 0 Å². The maximum absolute atomic E-state index is 12.9. The Morgan fingerprint density at radius 3 is 2.48 bits per heavy atom. The number of para-hydroxylation sites is 2. The van der Waals surface area contributed by atoms with Gasteiger partial charge in [-0.25, -0.2) is 4.98 Å². The maximum Gasteiger partial charge on any atom is 0.416 e. The normalized spacial score (nSPS) is 15.8. The molecule has 1 aliphatic rings. The molecule has 29 heavy (non-hydrogen) atoms. The van der Waals surface area contributed by atoms with Crippen LogP contribution in [0.15, 0.2) is 48.5 Å². The van der Waals surface area contributed by atoms with Gasteiger partial charge >= 0.3 is 6.18 Å². The molecule has 0 amide bonds. The summed E-state index contributed by atoms with van der Waals surface area (Å²) in [5.74, 6) is 0.841. The number of aryl methyl sites for hydroxylation is 1. The molecule has 0 radical (unpaired) electrons. The fourth-order valence-electron chi connectivity index (χ4n) is 3.74. The van der Waals surface area contributed by atoms with E-state index in [0.717, 1.165) is 49.2 Å². The summed E-state index contributed by atoms with van der Waals surface area (Å²) < 4.78 is 40.8. The smallest absolute Gasteiger partial charge is 0.369 e. The summed E-state index contributed by atoms with van der Waals surface area (Å²) >= 11 is 0. The number of aromatic nitrogens is 2. The molecule has 2 aromatic carbocycles. The fourth-order valence-corrected chi connectivity index (χ4v) is 3.74. The summed E-state index contributed by atoms with van der Waals surface area (Å²) in [6.45, 7) is 4.70. The number of imidazole rings is 1. The molecule has 1 aliphatic heterocycles. The van der Waals surface area contributed by atoms with Crippen LogP contribution in [0.5, 0.6) is 0 Å². The van der Waals surface area contributed by atoms with E-state index in [9.17, 15) is 13.2 Å². The summed E-state index contributed by atoms with van der Waals surface area (Å²) in [6.07, 6.45) is -4.31. The summed E-state index contributed by atoms with van der Waals surface area (Å²) in [7, 11) is 1.99. The number of piperazine rings is 1. The highest BCUT2D eigenvalue weighted by Crippen LogP contribution is 2.31. The predicted octanol–water partition coefficient (Wildman–Crippen LogP) is 3.83. The Labute approximate surface area is 167 Å². The van der Waals surface area contributed by atoms with E-state index in [2.05, 4.69) is 15.2 Å². The molecule has 3 aromatic rings. The summed E-state index contributed by atoms with van der Waals surface area (Å²) in [6, 6.07) is 13.6. The third-order valence-electron chi connectivity index (χ3n) is 5.41. The van der Waals surface area contributed by atoms with Crippen molar-refractivity contribution in [3.05, 3.63) is 54.1 Å². The zero-order valence-corrected chi connectivity index (χ0v) is 16.3. The first-order chi connectivity index (χ1) is 13.9. The lowest BCUT2D eigenvalue weighted by atomic mass is 10.1. The molecule has 1 aromatic heterocycles. The quantitative estimate of drug-likeness (QED) is 0.703. The number of hydrogen-bond donors (Lipinski definition) is 1. The lowest BCUT2D eigenvalue weighted by Crippen LogP contribution is -2.47. The number of fused-ring (bicyclic) bond motifs is 1. The molecular formula is C21H24F3N5. The second kappa shape index (κ2) is 7.94. The fraction of sp³-hybridized carbons (Fsp3) is 0.381. The van der Waals surface area contributed by atoms with Crippen LogP contribution < -0.4 is 10.2 Å². The lowest BCUT2D eigenvalue weighted by molar-refractivity contribution is -0.137. The Morgan fingerprint density at radius 2 is 1.76 bits per heavy atom. The predicted molar refractivity (Wildman–Crippen MR) is 109 cm³/mol. The minimum absolute atomic E-state index is 0.593.